The van der Waals surface area contributed by atoms with E-state index in [-0.39, 0.29) is 13.2 Å². The van der Waals surface area contributed by atoms with Crippen molar-refractivity contribution in [1.29, 1.82) is 0 Å². The van der Waals surface area contributed by atoms with Crippen LogP contribution in [0.2, 0.25) is 0 Å². The van der Waals surface area contributed by atoms with Crippen molar-refractivity contribution in [2.24, 2.45) is 0 Å². The number of pyridine rings is 5. The average Bonchev–Trinajstić information content (AvgIpc) is 3.92. The van der Waals surface area contributed by atoms with Gasteiger partial charge in [-0.05, 0) is 30.3 Å². The van der Waals surface area contributed by atoms with Crippen LogP contribution in [0.15, 0.2) is 80.0 Å². The molecule has 6 aromatic rings. The van der Waals surface area contributed by atoms with E-state index in [4.69, 9.17) is 72.3 Å². The molecule has 0 unspecified atom stereocenters. The van der Waals surface area contributed by atoms with Crippen molar-refractivity contribution in [2.75, 3.05) is 247 Å². The lowest BCUT2D eigenvalue weighted by atomic mass is 10.2. The van der Waals surface area contributed by atoms with E-state index in [0.717, 1.165) is 127 Å². The summed E-state index contributed by atoms with van der Waals surface area (Å²) in [6, 6.07) is 8.55. The number of piperazine rings is 1. The number of nitrogens with one attached hydrogen (secondary N) is 2. The number of imidazole rings is 1. The number of nitrogen functional groups attached to an aromatic ring is 10. The van der Waals surface area contributed by atoms with Crippen molar-refractivity contribution in [3.63, 3.8) is 0 Å². The van der Waals surface area contributed by atoms with Crippen LogP contribution in [0.1, 0.15) is 19.3 Å². The lowest BCUT2D eigenvalue weighted by Gasteiger charge is -2.42. The number of anilines is 14. The number of ether oxygens (including phenoxy) is 1. The fourth-order valence-corrected chi connectivity index (χ4v) is 8.57. The van der Waals surface area contributed by atoms with Crippen LogP contribution in [0.25, 0.3) is 0 Å². The molecule has 1 aliphatic rings. The number of aromatic nitrogens is 7. The molecule has 0 aliphatic carbocycles. The molecule has 6 aromatic heterocycles. The van der Waals surface area contributed by atoms with Gasteiger partial charge in [0.25, 0.3) is 0 Å². The Morgan fingerprint density at radius 2 is 1.07 bits per heavy atom. The number of quaternary nitrogens is 4. The third kappa shape index (κ3) is 28.5. The number of rotatable bonds is 24. The lowest BCUT2D eigenvalue weighted by Crippen LogP contribution is -2.58. The summed E-state index contributed by atoms with van der Waals surface area (Å²) < 4.78 is 13.2. The predicted molar refractivity (Wildman–Crippen MR) is 355 cm³/mol. The van der Waals surface area contributed by atoms with Gasteiger partial charge in [0.15, 0.2) is 11.6 Å². The van der Waals surface area contributed by atoms with Gasteiger partial charge in [0, 0.05) is 39.4 Å². The first-order chi connectivity index (χ1) is 40.3. The Balaban J connectivity index is 0.000000282. The van der Waals surface area contributed by atoms with Crippen molar-refractivity contribution in [3.8, 4) is 5.88 Å². The number of aliphatic hydroxyl groups is 2. The molecular formula is C58H108N25O3+5. The van der Waals surface area contributed by atoms with Crippen molar-refractivity contribution < 1.29 is 37.4 Å². The first-order valence-electron chi connectivity index (χ1n) is 28.9. The molecule has 7 heterocycles. The fourth-order valence-electron chi connectivity index (χ4n) is 8.57. The van der Waals surface area contributed by atoms with Gasteiger partial charge in [-0.2, -0.15) is 0 Å². The predicted octanol–water partition coefficient (Wildman–Crippen LogP) is 1.20. The Kier molecular flexibility index (Phi) is 29.0. The fraction of sp³-hybridized carbons (Fsp3) is 0.517. The summed E-state index contributed by atoms with van der Waals surface area (Å²) in [5, 5.41) is 24.3. The number of likely N-dealkylation sites (N-methyl/N-ethyl adjacent to an activating group) is 1. The maximum Gasteiger partial charge on any atom is 0.243 e. The third-order valence-electron chi connectivity index (χ3n) is 13.3. The van der Waals surface area contributed by atoms with E-state index in [1.54, 1.807) is 61.3 Å². The topological polar surface area (TPSA) is 414 Å². The van der Waals surface area contributed by atoms with Crippen LogP contribution >= 0.6 is 0 Å². The van der Waals surface area contributed by atoms with Crippen LogP contribution in [0, 0.1) is 0 Å². The molecule has 28 heteroatoms. The molecule has 478 valence electrons. The van der Waals surface area contributed by atoms with E-state index in [0.29, 0.717) is 88.3 Å². The van der Waals surface area contributed by atoms with Gasteiger partial charge in [0.1, 0.15) is 43.7 Å². The van der Waals surface area contributed by atoms with E-state index in [9.17, 15) is 0 Å². The molecular weight excluding hydrogens is 1090 g/mol. The summed E-state index contributed by atoms with van der Waals surface area (Å²) >= 11 is 0. The summed E-state index contributed by atoms with van der Waals surface area (Å²) in [5.41, 5.74) is 62.9. The molecule has 24 N–H and O–H groups in total. The Morgan fingerprint density at radius 1 is 0.593 bits per heavy atom. The van der Waals surface area contributed by atoms with E-state index >= 15 is 0 Å². The molecule has 0 radical (unpaired) electrons. The Hall–Kier alpha value is -8.28. The normalized spacial score (nSPS) is 12.8. The molecule has 1 saturated heterocycles. The Bertz CT molecular complexity index is 2850. The number of nitrogens with two attached hydrogens (primary N) is 10. The van der Waals surface area contributed by atoms with Gasteiger partial charge >= 0.3 is 0 Å². The largest absolute Gasteiger partial charge is 0.476 e. The van der Waals surface area contributed by atoms with Gasteiger partial charge < -0.3 is 111 Å². The minimum atomic E-state index is 0.138. The molecule has 86 heavy (non-hydrogen) atoms. The quantitative estimate of drug-likeness (QED) is 0.0230. The molecule has 0 atom stereocenters. The molecule has 0 amide bonds. The zero-order valence-electron chi connectivity index (χ0n) is 53.3. The molecule has 0 aromatic carbocycles. The summed E-state index contributed by atoms with van der Waals surface area (Å²) in [5.74, 6) is 3.45. The molecule has 0 saturated carbocycles. The Morgan fingerprint density at radius 3 is 1.57 bits per heavy atom. The van der Waals surface area contributed by atoms with Crippen LogP contribution < -0.4 is 87.1 Å². The lowest BCUT2D eigenvalue weighted by molar-refractivity contribution is -0.910. The van der Waals surface area contributed by atoms with Crippen molar-refractivity contribution in [2.45, 2.75) is 32.4 Å². The van der Waals surface area contributed by atoms with Gasteiger partial charge in [-0.15, -0.1) is 0 Å². The second-order valence-corrected chi connectivity index (χ2v) is 24.8. The minimum absolute atomic E-state index is 0.138. The van der Waals surface area contributed by atoms with Gasteiger partial charge in [-0.1, -0.05) is 0 Å². The first-order valence-corrected chi connectivity index (χ1v) is 28.9. The monoisotopic (exact) mass is 1200 g/mol. The van der Waals surface area contributed by atoms with Gasteiger partial charge in [-0.3, -0.25) is 0 Å². The van der Waals surface area contributed by atoms with E-state index in [1.807, 2.05) is 34.9 Å². The van der Waals surface area contributed by atoms with Crippen LogP contribution in [0.3, 0.4) is 0 Å². The molecule has 0 bridgehead atoms. The average molecular weight is 1200 g/mol. The molecule has 1 aliphatic heterocycles. The van der Waals surface area contributed by atoms with Crippen molar-refractivity contribution >= 4 is 80.1 Å². The number of hydrogen-bond acceptors (Lipinski definition) is 22. The number of aliphatic hydroxyl groups excluding tert-OH is 2. The summed E-state index contributed by atoms with van der Waals surface area (Å²) in [6.07, 6.45) is 17.0. The summed E-state index contributed by atoms with van der Waals surface area (Å²) in [4.78, 5) is 25.2. The number of hydrogen-bond donors (Lipinski definition) is 14. The SMILES string of the molecule is CN(CCC[N+](C)(C)C)c1ncc(N)cc1N.C[N+](C)(C)CCCNc1ncc(N)cc1N.C[N+](C)(C)CCCOc1ncc(N)cc1N.C[N+]1(CCO)CCN(c2ncc(N)cc2N)CC1.Nc1cnc(NCCn2cc[n+](CCO)c2)c(N)c1. The van der Waals surface area contributed by atoms with E-state index in [2.05, 4.69) is 116 Å². The molecule has 0 spiro atoms. The highest BCUT2D eigenvalue weighted by Gasteiger charge is 2.29. The van der Waals surface area contributed by atoms with Crippen molar-refractivity contribution in [3.05, 3.63) is 80.0 Å². The summed E-state index contributed by atoms with van der Waals surface area (Å²) in [6.45, 7) is 12.8. The molecule has 28 nitrogen and oxygen atoms in total. The highest BCUT2D eigenvalue weighted by Crippen LogP contribution is 2.26. The minimum Gasteiger partial charge on any atom is -0.476 e. The Labute approximate surface area is 510 Å². The summed E-state index contributed by atoms with van der Waals surface area (Å²) in [7, 11) is 23.7. The third-order valence-corrected chi connectivity index (χ3v) is 13.3. The maximum absolute atomic E-state index is 9.07. The second-order valence-electron chi connectivity index (χ2n) is 24.8. The number of nitrogens with zero attached hydrogens (tertiary/aromatic N) is 13. The zero-order chi connectivity index (χ0) is 64.3. The van der Waals surface area contributed by atoms with Gasteiger partial charge in [-0.25, -0.2) is 34.1 Å². The standard InChI is InChI=1S/C12H19N6O.C12H22N5O.C12H24N5.C11H22N5.C11H21N4O/c13-10-7-11(14)12(16-8-10)15-1-2-17-3-4-18(9-17)5-6-19;1-17(6-7-18)4-2-16(3-5-17)12-11(14)8-10(13)9-15-12;1-16(6-5-7-17(2,3)4)12-11(14)8-10(13)9-15-12;1-16(2,3)6-4-5-14-11-10(13)7-9(12)8-15-11;1-15(2,3)5-4-6-16-11-10(13)7-9(12)8-14-11/h3-4,7-9,19H,1-2,5-6,13-14H2,(H,15,16);8-9,18H,2-7,13-14H2,1H3;8-9H,5-7,13-14H2,1-4H3;7-8H,4-6,12-13H2,1-3H3,(H,14,15);7-8H,4-6,12-13H2,1-3H3/q5*+1. The highest BCUT2D eigenvalue weighted by molar-refractivity contribution is 5.68. The van der Waals surface area contributed by atoms with Crippen molar-refractivity contribution in [1.82, 2.24) is 29.5 Å². The van der Waals surface area contributed by atoms with Gasteiger partial charge in [0.05, 0.1) is 231 Å². The van der Waals surface area contributed by atoms with Crippen LogP contribution in [-0.2, 0) is 13.1 Å². The second kappa shape index (κ2) is 34.6. The molecule has 1 fully saturated rings. The van der Waals surface area contributed by atoms with Crippen LogP contribution in [-0.4, -0.2) is 227 Å². The maximum atomic E-state index is 9.07. The first kappa shape index (κ1) is 72.0. The van der Waals surface area contributed by atoms with E-state index < -0.39 is 0 Å². The highest BCUT2D eigenvalue weighted by atomic mass is 16.5. The zero-order valence-corrected chi connectivity index (χ0v) is 53.3. The van der Waals surface area contributed by atoms with Gasteiger partial charge in [0.2, 0.25) is 12.2 Å². The molecule has 7 rings (SSSR count). The smallest absolute Gasteiger partial charge is 0.243 e. The van der Waals surface area contributed by atoms with Crippen LogP contribution in [0.4, 0.5) is 80.1 Å². The van der Waals surface area contributed by atoms with Crippen LogP contribution in [0.5, 0.6) is 5.88 Å². The van der Waals surface area contributed by atoms with E-state index in [1.165, 1.54) is 0 Å².